The van der Waals surface area contributed by atoms with Crippen molar-refractivity contribution in [1.29, 1.82) is 0 Å². The van der Waals surface area contributed by atoms with Crippen LogP contribution in [0.2, 0.25) is 0 Å². The monoisotopic (exact) mass is 195 g/mol. The first-order valence-electron chi connectivity index (χ1n) is 4.45. The zero-order valence-electron chi connectivity index (χ0n) is 8.53. The molecule has 4 heteroatoms. The molecule has 4 nitrogen and oxygen atoms in total. The van der Waals surface area contributed by atoms with Crippen LogP contribution in [0.15, 0.2) is 12.1 Å². The number of nitro benzene ring substituents is 1. The van der Waals surface area contributed by atoms with Gasteiger partial charge >= 0.3 is 0 Å². The van der Waals surface area contributed by atoms with Gasteiger partial charge in [0, 0.05) is 17.2 Å². The highest BCUT2D eigenvalue weighted by Crippen LogP contribution is 2.28. The Bertz CT molecular complexity index is 361. The Morgan fingerprint density at radius 2 is 2.00 bits per heavy atom. The minimum absolute atomic E-state index is 0.144. The molecule has 0 fully saturated rings. The molecule has 0 amide bonds. The second-order valence-electron chi connectivity index (χ2n) is 3.02. The number of ether oxygens (including phenoxy) is 1. The molecule has 1 aromatic rings. The van der Waals surface area contributed by atoms with E-state index in [-0.39, 0.29) is 10.6 Å². The van der Waals surface area contributed by atoms with Crippen LogP contribution in [-0.2, 0) is 0 Å². The maximum absolute atomic E-state index is 10.6. The molecule has 1 aromatic carbocycles. The van der Waals surface area contributed by atoms with Gasteiger partial charge < -0.3 is 4.74 Å². The lowest BCUT2D eigenvalue weighted by Crippen LogP contribution is -1.98. The number of benzene rings is 1. The van der Waals surface area contributed by atoms with E-state index in [0.29, 0.717) is 12.2 Å². The van der Waals surface area contributed by atoms with Crippen molar-refractivity contribution in [3.8, 4) is 5.75 Å². The minimum atomic E-state index is -0.377. The van der Waals surface area contributed by atoms with Crippen molar-refractivity contribution in [2.24, 2.45) is 0 Å². The van der Waals surface area contributed by atoms with Gasteiger partial charge in [-0.3, -0.25) is 10.1 Å². The summed E-state index contributed by atoms with van der Waals surface area (Å²) in [6.45, 7) is 6.01. The normalized spacial score (nSPS) is 9.93. The average Bonchev–Trinajstić information content (AvgIpc) is 2.13. The molecular formula is C10H13NO3. The predicted molar refractivity (Wildman–Crippen MR) is 53.7 cm³/mol. The quantitative estimate of drug-likeness (QED) is 0.550. The summed E-state index contributed by atoms with van der Waals surface area (Å²) >= 11 is 0. The van der Waals surface area contributed by atoms with E-state index in [4.69, 9.17) is 4.74 Å². The van der Waals surface area contributed by atoms with Crippen molar-refractivity contribution in [2.45, 2.75) is 20.8 Å². The average molecular weight is 195 g/mol. The van der Waals surface area contributed by atoms with Crippen molar-refractivity contribution in [2.75, 3.05) is 6.61 Å². The third kappa shape index (κ3) is 1.84. The van der Waals surface area contributed by atoms with Gasteiger partial charge in [-0.15, -0.1) is 0 Å². The Kier molecular flexibility index (Phi) is 3.06. The van der Waals surface area contributed by atoms with Gasteiger partial charge in [-0.1, -0.05) is 0 Å². The lowest BCUT2D eigenvalue weighted by Gasteiger charge is -2.08. The standard InChI is InChI=1S/C10H13NO3/c1-4-14-10-6-5-9(11(12)13)7(2)8(10)3/h5-6H,4H2,1-3H3. The summed E-state index contributed by atoms with van der Waals surface area (Å²) in [4.78, 5) is 10.2. The molecule has 0 radical (unpaired) electrons. The summed E-state index contributed by atoms with van der Waals surface area (Å²) in [5.74, 6) is 0.718. The first-order valence-corrected chi connectivity index (χ1v) is 4.45. The highest BCUT2D eigenvalue weighted by Gasteiger charge is 2.14. The topological polar surface area (TPSA) is 52.4 Å². The molecule has 0 atom stereocenters. The molecule has 0 spiro atoms. The molecule has 0 N–H and O–H groups in total. The maximum Gasteiger partial charge on any atom is 0.272 e. The molecule has 0 aliphatic carbocycles. The summed E-state index contributed by atoms with van der Waals surface area (Å²) in [6.07, 6.45) is 0. The fraction of sp³-hybridized carbons (Fsp3) is 0.400. The van der Waals surface area contributed by atoms with Crippen LogP contribution in [0.4, 0.5) is 5.69 Å². The van der Waals surface area contributed by atoms with Crippen LogP contribution in [0.5, 0.6) is 5.75 Å². The first kappa shape index (κ1) is 10.5. The summed E-state index contributed by atoms with van der Waals surface area (Å²) in [7, 11) is 0. The largest absolute Gasteiger partial charge is 0.494 e. The van der Waals surface area contributed by atoms with Crippen LogP contribution in [-0.4, -0.2) is 11.5 Å². The number of hydrogen-bond donors (Lipinski definition) is 0. The van der Waals surface area contributed by atoms with Gasteiger partial charge in [0.15, 0.2) is 0 Å². The van der Waals surface area contributed by atoms with Gasteiger partial charge in [0.2, 0.25) is 0 Å². The third-order valence-electron chi connectivity index (χ3n) is 2.21. The van der Waals surface area contributed by atoms with E-state index < -0.39 is 0 Å². The Morgan fingerprint density at radius 3 is 2.50 bits per heavy atom. The van der Waals surface area contributed by atoms with E-state index in [1.165, 1.54) is 6.07 Å². The fourth-order valence-corrected chi connectivity index (χ4v) is 1.29. The van der Waals surface area contributed by atoms with E-state index in [1.807, 2.05) is 13.8 Å². The van der Waals surface area contributed by atoms with Gasteiger partial charge in [-0.25, -0.2) is 0 Å². The fourth-order valence-electron chi connectivity index (χ4n) is 1.29. The summed E-state index contributed by atoms with van der Waals surface area (Å²) in [5.41, 5.74) is 1.65. The van der Waals surface area contributed by atoms with Crippen LogP contribution < -0.4 is 4.74 Å². The van der Waals surface area contributed by atoms with Crippen LogP contribution in [0.25, 0.3) is 0 Å². The molecule has 0 unspecified atom stereocenters. The van der Waals surface area contributed by atoms with E-state index in [2.05, 4.69) is 0 Å². The van der Waals surface area contributed by atoms with Gasteiger partial charge in [0.25, 0.3) is 5.69 Å². The van der Waals surface area contributed by atoms with Crippen LogP contribution in [0.1, 0.15) is 18.1 Å². The Morgan fingerprint density at radius 1 is 1.36 bits per heavy atom. The third-order valence-corrected chi connectivity index (χ3v) is 2.21. The van der Waals surface area contributed by atoms with Crippen molar-refractivity contribution in [1.82, 2.24) is 0 Å². The number of nitrogens with zero attached hydrogens (tertiary/aromatic N) is 1. The molecule has 14 heavy (non-hydrogen) atoms. The lowest BCUT2D eigenvalue weighted by atomic mass is 10.1. The summed E-state index contributed by atoms with van der Waals surface area (Å²) in [5, 5.41) is 10.6. The highest BCUT2D eigenvalue weighted by atomic mass is 16.6. The van der Waals surface area contributed by atoms with Crippen LogP contribution in [0, 0.1) is 24.0 Å². The Balaban J connectivity index is 3.19. The molecule has 0 aliphatic heterocycles. The molecule has 76 valence electrons. The highest BCUT2D eigenvalue weighted by molar-refractivity contribution is 5.50. The first-order chi connectivity index (χ1) is 6.57. The van der Waals surface area contributed by atoms with Crippen molar-refractivity contribution in [3.05, 3.63) is 33.4 Å². The summed E-state index contributed by atoms with van der Waals surface area (Å²) < 4.78 is 5.33. The van der Waals surface area contributed by atoms with E-state index in [9.17, 15) is 10.1 Å². The molecule has 0 heterocycles. The predicted octanol–water partition coefficient (Wildman–Crippen LogP) is 2.61. The smallest absolute Gasteiger partial charge is 0.272 e. The zero-order chi connectivity index (χ0) is 10.7. The van der Waals surface area contributed by atoms with Gasteiger partial charge in [-0.2, -0.15) is 0 Å². The molecular weight excluding hydrogens is 182 g/mol. The number of hydrogen-bond acceptors (Lipinski definition) is 3. The molecule has 0 aliphatic rings. The van der Waals surface area contributed by atoms with Crippen molar-refractivity contribution >= 4 is 5.69 Å². The minimum Gasteiger partial charge on any atom is -0.494 e. The second-order valence-corrected chi connectivity index (χ2v) is 3.02. The van der Waals surface area contributed by atoms with Gasteiger partial charge in [-0.05, 0) is 26.8 Å². The second kappa shape index (κ2) is 4.09. The van der Waals surface area contributed by atoms with E-state index in [1.54, 1.807) is 13.0 Å². The Hall–Kier alpha value is -1.58. The van der Waals surface area contributed by atoms with Crippen LogP contribution in [0.3, 0.4) is 0 Å². The number of nitro groups is 1. The van der Waals surface area contributed by atoms with Gasteiger partial charge in [0.1, 0.15) is 5.75 Å². The Labute approximate surface area is 82.7 Å². The van der Waals surface area contributed by atoms with Crippen LogP contribution >= 0.6 is 0 Å². The SMILES string of the molecule is CCOc1ccc([N+](=O)[O-])c(C)c1C. The summed E-state index contributed by atoms with van der Waals surface area (Å²) in [6, 6.07) is 3.12. The van der Waals surface area contributed by atoms with Crippen molar-refractivity contribution in [3.63, 3.8) is 0 Å². The molecule has 0 aromatic heterocycles. The van der Waals surface area contributed by atoms with Gasteiger partial charge in [0.05, 0.1) is 11.5 Å². The molecule has 0 saturated carbocycles. The lowest BCUT2D eigenvalue weighted by molar-refractivity contribution is -0.385. The maximum atomic E-state index is 10.6. The van der Waals surface area contributed by atoms with E-state index in [0.717, 1.165) is 11.3 Å². The van der Waals surface area contributed by atoms with Crippen molar-refractivity contribution < 1.29 is 9.66 Å². The molecule has 0 bridgehead atoms. The number of rotatable bonds is 3. The zero-order valence-corrected chi connectivity index (χ0v) is 8.53. The van der Waals surface area contributed by atoms with E-state index >= 15 is 0 Å². The molecule has 0 saturated heterocycles. The molecule has 1 rings (SSSR count).